The maximum absolute atomic E-state index is 13.3. The van der Waals surface area contributed by atoms with Gasteiger partial charge in [0.05, 0.1) is 15.6 Å². The number of carbonyl (C=O) groups excluding carboxylic acids is 1. The number of halogens is 1. The van der Waals surface area contributed by atoms with Gasteiger partial charge in [-0.05, 0) is 57.3 Å². The van der Waals surface area contributed by atoms with Gasteiger partial charge in [-0.3, -0.25) is 4.79 Å². The SMILES string of the molecule is CC.CC(=O)NC1CCC1.Cc1csc(-c2sc(C)nc2C2=CCC=C(F)C=C2)n1. The van der Waals surface area contributed by atoms with Crippen LogP contribution in [-0.2, 0) is 4.79 Å². The van der Waals surface area contributed by atoms with Crippen LogP contribution in [0, 0.1) is 13.8 Å². The summed E-state index contributed by atoms with van der Waals surface area (Å²) in [6.07, 6.45) is 11.1. The second kappa shape index (κ2) is 11.9. The first kappa shape index (κ1) is 24.2. The Kier molecular flexibility index (Phi) is 9.59. The van der Waals surface area contributed by atoms with Crippen LogP contribution in [0.5, 0.6) is 0 Å². The summed E-state index contributed by atoms with van der Waals surface area (Å²) < 4.78 is 13.3. The molecule has 2 aliphatic rings. The Morgan fingerprint density at radius 1 is 1.17 bits per heavy atom. The zero-order chi connectivity index (χ0) is 22.1. The summed E-state index contributed by atoms with van der Waals surface area (Å²) in [6.45, 7) is 9.54. The molecule has 4 rings (SSSR count). The first-order chi connectivity index (χ1) is 14.4. The average molecular weight is 448 g/mol. The maximum atomic E-state index is 13.3. The van der Waals surface area contributed by atoms with E-state index in [4.69, 9.17) is 0 Å². The summed E-state index contributed by atoms with van der Waals surface area (Å²) >= 11 is 3.25. The van der Waals surface area contributed by atoms with E-state index in [9.17, 15) is 9.18 Å². The average Bonchev–Trinajstić information content (AvgIpc) is 3.22. The molecule has 0 bridgehead atoms. The minimum Gasteiger partial charge on any atom is -0.354 e. The summed E-state index contributed by atoms with van der Waals surface area (Å²) in [7, 11) is 0. The van der Waals surface area contributed by atoms with Gasteiger partial charge in [-0.1, -0.05) is 26.0 Å². The highest BCUT2D eigenvalue weighted by Gasteiger charge is 2.17. The van der Waals surface area contributed by atoms with Crippen molar-refractivity contribution in [3.63, 3.8) is 0 Å². The topological polar surface area (TPSA) is 54.9 Å². The number of nitrogens with one attached hydrogen (secondary N) is 1. The fourth-order valence-corrected chi connectivity index (χ4v) is 4.68. The Balaban J connectivity index is 0.000000269. The number of aryl methyl sites for hydroxylation is 2. The summed E-state index contributed by atoms with van der Waals surface area (Å²) in [5.74, 6) is -0.0930. The molecule has 0 aromatic carbocycles. The number of aromatic nitrogens is 2. The molecule has 2 aromatic heterocycles. The van der Waals surface area contributed by atoms with Crippen LogP contribution >= 0.6 is 22.7 Å². The smallest absolute Gasteiger partial charge is 0.217 e. The molecule has 7 heteroatoms. The first-order valence-corrected chi connectivity index (χ1v) is 12.0. The summed E-state index contributed by atoms with van der Waals surface area (Å²) in [4.78, 5) is 20.5. The molecule has 2 aromatic rings. The van der Waals surface area contributed by atoms with Crippen molar-refractivity contribution in [2.75, 3.05) is 0 Å². The van der Waals surface area contributed by atoms with Crippen LogP contribution in [0.4, 0.5) is 4.39 Å². The summed E-state index contributed by atoms with van der Waals surface area (Å²) in [6, 6.07) is 0.507. The van der Waals surface area contributed by atoms with Gasteiger partial charge in [-0.15, -0.1) is 22.7 Å². The molecule has 0 unspecified atom stereocenters. The Labute approximate surface area is 186 Å². The molecule has 1 fully saturated rings. The van der Waals surface area contributed by atoms with Gasteiger partial charge in [0, 0.05) is 24.0 Å². The van der Waals surface area contributed by atoms with E-state index in [-0.39, 0.29) is 11.7 Å². The van der Waals surface area contributed by atoms with E-state index < -0.39 is 0 Å². The van der Waals surface area contributed by atoms with Crippen molar-refractivity contribution in [1.29, 1.82) is 0 Å². The zero-order valence-corrected chi connectivity index (χ0v) is 19.9. The van der Waals surface area contributed by atoms with Crippen LogP contribution < -0.4 is 5.32 Å². The number of hydrogen-bond donors (Lipinski definition) is 1. The lowest BCUT2D eigenvalue weighted by Crippen LogP contribution is -2.37. The standard InChI is InChI=1S/C15H13FN2S2.C6H11NO.C2H6/c1-9-8-19-15(17-9)14-13(18-10(2)20-14)11-4-3-5-12(16)7-6-11;1-5(8)7-6-3-2-4-6;1-2/h4-8H,3H2,1-2H3;6H,2-4H2,1H3,(H,7,8);1-2H3. The van der Waals surface area contributed by atoms with E-state index in [2.05, 4.69) is 15.3 Å². The number of amides is 1. The van der Waals surface area contributed by atoms with Crippen molar-refractivity contribution in [2.45, 2.75) is 66.3 Å². The van der Waals surface area contributed by atoms with Gasteiger partial charge in [0.15, 0.2) is 0 Å². The molecule has 1 saturated carbocycles. The molecule has 0 saturated heterocycles. The minimum atomic E-state index is -0.199. The molecule has 0 spiro atoms. The van der Waals surface area contributed by atoms with Crippen molar-refractivity contribution in [1.82, 2.24) is 15.3 Å². The Morgan fingerprint density at radius 2 is 1.90 bits per heavy atom. The lowest BCUT2D eigenvalue weighted by atomic mass is 9.93. The normalized spacial score (nSPS) is 15.4. The number of allylic oxidation sites excluding steroid dienone is 6. The second-order valence-corrected chi connectivity index (χ2v) is 8.91. The van der Waals surface area contributed by atoms with Crippen molar-refractivity contribution < 1.29 is 9.18 Å². The van der Waals surface area contributed by atoms with Gasteiger partial charge < -0.3 is 5.32 Å². The van der Waals surface area contributed by atoms with E-state index in [0.29, 0.717) is 12.5 Å². The predicted octanol–water partition coefficient (Wildman–Crippen LogP) is 6.78. The summed E-state index contributed by atoms with van der Waals surface area (Å²) in [5.41, 5.74) is 2.88. The maximum Gasteiger partial charge on any atom is 0.217 e. The fourth-order valence-electron chi connectivity index (χ4n) is 2.85. The molecule has 0 aliphatic heterocycles. The second-order valence-electron chi connectivity index (χ2n) is 6.85. The van der Waals surface area contributed by atoms with Crippen LogP contribution in [0.1, 0.15) is 62.8 Å². The number of rotatable bonds is 3. The number of hydrogen-bond acceptors (Lipinski definition) is 5. The van der Waals surface area contributed by atoms with Gasteiger partial charge in [0.2, 0.25) is 5.91 Å². The van der Waals surface area contributed by atoms with Crippen LogP contribution in [0.15, 0.2) is 35.5 Å². The highest BCUT2D eigenvalue weighted by molar-refractivity contribution is 7.21. The van der Waals surface area contributed by atoms with Crippen LogP contribution in [0.2, 0.25) is 0 Å². The first-order valence-electron chi connectivity index (χ1n) is 10.3. The quantitative estimate of drug-likeness (QED) is 0.564. The van der Waals surface area contributed by atoms with E-state index in [1.54, 1.807) is 41.7 Å². The lowest BCUT2D eigenvalue weighted by molar-refractivity contribution is -0.120. The molecule has 4 nitrogen and oxygen atoms in total. The fraction of sp³-hybridized carbons (Fsp3) is 0.435. The van der Waals surface area contributed by atoms with Gasteiger partial charge in [-0.25, -0.2) is 14.4 Å². The molecule has 1 amide bonds. The van der Waals surface area contributed by atoms with Gasteiger partial charge in [0.25, 0.3) is 0 Å². The van der Waals surface area contributed by atoms with E-state index >= 15 is 0 Å². The molecule has 0 radical (unpaired) electrons. The van der Waals surface area contributed by atoms with Gasteiger partial charge in [-0.2, -0.15) is 0 Å². The van der Waals surface area contributed by atoms with Crippen molar-refractivity contribution in [2.24, 2.45) is 0 Å². The molecular formula is C23H30FN3OS2. The zero-order valence-electron chi connectivity index (χ0n) is 18.3. The van der Waals surface area contributed by atoms with Crippen molar-refractivity contribution in [3.8, 4) is 9.88 Å². The predicted molar refractivity (Wildman–Crippen MR) is 126 cm³/mol. The van der Waals surface area contributed by atoms with Crippen LogP contribution in [0.3, 0.4) is 0 Å². The van der Waals surface area contributed by atoms with Crippen LogP contribution in [-0.4, -0.2) is 21.9 Å². The molecule has 0 atom stereocenters. The molecule has 162 valence electrons. The number of carbonyl (C=O) groups is 1. The Hall–Kier alpha value is -2.12. The third-order valence-corrected chi connectivity index (χ3v) is 6.49. The number of thiazole rings is 2. The third kappa shape index (κ3) is 6.99. The minimum absolute atomic E-state index is 0.106. The molecule has 2 heterocycles. The van der Waals surface area contributed by atoms with E-state index in [1.165, 1.54) is 25.3 Å². The molecule has 1 N–H and O–H groups in total. The van der Waals surface area contributed by atoms with E-state index in [0.717, 1.165) is 31.9 Å². The van der Waals surface area contributed by atoms with Gasteiger partial charge >= 0.3 is 0 Å². The number of nitrogens with zero attached hydrogens (tertiary/aromatic N) is 2. The highest BCUT2D eigenvalue weighted by Crippen LogP contribution is 2.37. The summed E-state index contributed by atoms with van der Waals surface area (Å²) in [5, 5.41) is 6.85. The Bertz CT molecular complexity index is 936. The monoisotopic (exact) mass is 447 g/mol. The lowest BCUT2D eigenvalue weighted by Gasteiger charge is -2.25. The molecular weight excluding hydrogens is 417 g/mol. The van der Waals surface area contributed by atoms with Crippen LogP contribution in [0.25, 0.3) is 15.5 Å². The molecule has 30 heavy (non-hydrogen) atoms. The van der Waals surface area contributed by atoms with Crippen molar-refractivity contribution in [3.05, 3.63) is 51.9 Å². The van der Waals surface area contributed by atoms with Gasteiger partial charge in [0.1, 0.15) is 10.8 Å². The molecule has 2 aliphatic carbocycles. The van der Waals surface area contributed by atoms with E-state index in [1.807, 2.05) is 39.2 Å². The Morgan fingerprint density at radius 3 is 2.43 bits per heavy atom. The highest BCUT2D eigenvalue weighted by atomic mass is 32.1. The largest absolute Gasteiger partial charge is 0.354 e. The van der Waals surface area contributed by atoms with Crippen molar-refractivity contribution >= 4 is 34.2 Å². The third-order valence-electron chi connectivity index (χ3n) is 4.41.